The number of hydrogen-bond acceptors (Lipinski definition) is 4. The SMILES string of the molecule is CCNC(=NCc1ccccc1OC(C)(C)C)NC1CCN(CC(=O)NC)CC1. The van der Waals surface area contributed by atoms with Gasteiger partial charge >= 0.3 is 0 Å². The van der Waals surface area contributed by atoms with Crippen molar-refractivity contribution >= 4 is 11.9 Å². The first kappa shape index (κ1) is 23.0. The number of hydrogen-bond donors (Lipinski definition) is 3. The van der Waals surface area contributed by atoms with Crippen molar-refractivity contribution in [2.75, 3.05) is 33.2 Å². The summed E-state index contributed by atoms with van der Waals surface area (Å²) in [7, 11) is 1.68. The van der Waals surface area contributed by atoms with E-state index in [0.717, 1.165) is 49.7 Å². The van der Waals surface area contributed by atoms with Crippen molar-refractivity contribution in [2.24, 2.45) is 4.99 Å². The predicted molar refractivity (Wildman–Crippen MR) is 118 cm³/mol. The van der Waals surface area contributed by atoms with Crippen molar-refractivity contribution in [3.8, 4) is 5.75 Å². The average Bonchev–Trinajstić information content (AvgIpc) is 2.67. The third-order valence-electron chi connectivity index (χ3n) is 4.71. The molecule has 1 saturated heterocycles. The van der Waals surface area contributed by atoms with E-state index in [2.05, 4.69) is 54.6 Å². The third kappa shape index (κ3) is 8.31. The Morgan fingerprint density at radius 3 is 2.55 bits per heavy atom. The van der Waals surface area contributed by atoms with Gasteiger partial charge in [-0.1, -0.05) is 18.2 Å². The molecule has 7 heteroatoms. The molecule has 1 aromatic rings. The number of likely N-dealkylation sites (tertiary alicyclic amines) is 1. The first-order chi connectivity index (χ1) is 13.8. The Balaban J connectivity index is 1.95. The summed E-state index contributed by atoms with van der Waals surface area (Å²) in [6, 6.07) is 8.42. The van der Waals surface area contributed by atoms with E-state index >= 15 is 0 Å². The molecule has 7 nitrogen and oxygen atoms in total. The highest BCUT2D eigenvalue weighted by Gasteiger charge is 2.21. The molecule has 0 unspecified atom stereocenters. The fourth-order valence-corrected chi connectivity index (χ4v) is 3.26. The Kier molecular flexibility index (Phi) is 8.76. The number of benzene rings is 1. The van der Waals surface area contributed by atoms with Crippen LogP contribution in [0, 0.1) is 0 Å². The number of carbonyl (C=O) groups is 1. The molecule has 1 amide bonds. The first-order valence-corrected chi connectivity index (χ1v) is 10.6. The lowest BCUT2D eigenvalue weighted by Gasteiger charge is -2.32. The van der Waals surface area contributed by atoms with E-state index in [9.17, 15) is 4.79 Å². The zero-order chi connectivity index (χ0) is 21.3. The Labute approximate surface area is 175 Å². The lowest BCUT2D eigenvalue weighted by molar-refractivity contribution is -0.122. The summed E-state index contributed by atoms with van der Waals surface area (Å²) in [5.74, 6) is 1.77. The third-order valence-corrected chi connectivity index (χ3v) is 4.71. The molecule has 1 heterocycles. The minimum absolute atomic E-state index is 0.0717. The van der Waals surface area contributed by atoms with Crippen molar-refractivity contribution in [3.63, 3.8) is 0 Å². The molecule has 0 spiro atoms. The van der Waals surface area contributed by atoms with Crippen LogP contribution in [0.15, 0.2) is 29.3 Å². The molecule has 0 atom stereocenters. The molecular formula is C22H37N5O2. The van der Waals surface area contributed by atoms with Gasteiger partial charge in [-0.25, -0.2) is 4.99 Å². The van der Waals surface area contributed by atoms with Gasteiger partial charge in [0.05, 0.1) is 13.1 Å². The molecule has 1 aliphatic heterocycles. The number of carbonyl (C=O) groups excluding carboxylic acids is 1. The summed E-state index contributed by atoms with van der Waals surface area (Å²) in [6.07, 6.45) is 1.98. The molecule has 0 aromatic heterocycles. The Morgan fingerprint density at radius 1 is 1.24 bits per heavy atom. The average molecular weight is 404 g/mol. The molecule has 0 aliphatic carbocycles. The van der Waals surface area contributed by atoms with Gasteiger partial charge in [0.1, 0.15) is 11.4 Å². The number of ether oxygens (including phenoxy) is 1. The van der Waals surface area contributed by atoms with Crippen LogP contribution in [0.2, 0.25) is 0 Å². The van der Waals surface area contributed by atoms with Crippen LogP contribution < -0.4 is 20.7 Å². The van der Waals surface area contributed by atoms with E-state index in [1.165, 1.54) is 0 Å². The van der Waals surface area contributed by atoms with Crippen molar-refractivity contribution < 1.29 is 9.53 Å². The second-order valence-corrected chi connectivity index (χ2v) is 8.39. The number of amides is 1. The molecule has 29 heavy (non-hydrogen) atoms. The second kappa shape index (κ2) is 11.0. The normalized spacial score (nSPS) is 16.4. The number of piperidine rings is 1. The van der Waals surface area contributed by atoms with Gasteiger partial charge in [0, 0.05) is 38.3 Å². The van der Waals surface area contributed by atoms with Crippen molar-refractivity contribution in [2.45, 2.75) is 58.7 Å². The predicted octanol–water partition coefficient (Wildman–Crippen LogP) is 2.13. The smallest absolute Gasteiger partial charge is 0.233 e. The topological polar surface area (TPSA) is 78.0 Å². The van der Waals surface area contributed by atoms with Crippen molar-refractivity contribution in [1.29, 1.82) is 0 Å². The van der Waals surface area contributed by atoms with Crippen LogP contribution in [0.1, 0.15) is 46.1 Å². The fourth-order valence-electron chi connectivity index (χ4n) is 3.26. The maximum absolute atomic E-state index is 11.6. The van der Waals surface area contributed by atoms with E-state index in [0.29, 0.717) is 19.1 Å². The van der Waals surface area contributed by atoms with Crippen LogP contribution in [0.3, 0.4) is 0 Å². The number of nitrogens with one attached hydrogen (secondary N) is 3. The van der Waals surface area contributed by atoms with Crippen LogP contribution in [0.25, 0.3) is 0 Å². The lowest BCUT2D eigenvalue weighted by atomic mass is 10.1. The van der Waals surface area contributed by atoms with E-state index in [-0.39, 0.29) is 11.5 Å². The summed E-state index contributed by atoms with van der Waals surface area (Å²) in [4.78, 5) is 18.5. The molecule has 162 valence electrons. The van der Waals surface area contributed by atoms with Crippen LogP contribution in [-0.2, 0) is 11.3 Å². The number of nitrogens with zero attached hydrogens (tertiary/aromatic N) is 2. The number of rotatable bonds is 7. The Hall–Kier alpha value is -2.28. The molecule has 0 saturated carbocycles. The summed E-state index contributed by atoms with van der Waals surface area (Å²) in [6.45, 7) is 11.9. The summed E-state index contributed by atoms with van der Waals surface area (Å²) < 4.78 is 6.08. The van der Waals surface area contributed by atoms with Gasteiger partial charge in [-0.05, 0) is 46.6 Å². The van der Waals surface area contributed by atoms with Gasteiger partial charge in [0.15, 0.2) is 5.96 Å². The van der Waals surface area contributed by atoms with Gasteiger partial charge in [0.25, 0.3) is 0 Å². The second-order valence-electron chi connectivity index (χ2n) is 8.39. The molecule has 1 aromatic carbocycles. The fraction of sp³-hybridized carbons (Fsp3) is 0.636. The van der Waals surface area contributed by atoms with Gasteiger partial charge in [0.2, 0.25) is 5.91 Å². The Morgan fingerprint density at radius 2 is 1.93 bits per heavy atom. The van der Waals surface area contributed by atoms with E-state index in [1.54, 1.807) is 7.05 Å². The Bertz CT molecular complexity index is 676. The minimum atomic E-state index is -0.245. The van der Waals surface area contributed by atoms with Crippen molar-refractivity contribution in [3.05, 3.63) is 29.8 Å². The maximum atomic E-state index is 11.6. The van der Waals surface area contributed by atoms with E-state index in [1.807, 2.05) is 18.2 Å². The highest BCUT2D eigenvalue weighted by molar-refractivity contribution is 5.80. The summed E-state index contributed by atoms with van der Waals surface area (Å²) in [5.41, 5.74) is 0.825. The summed E-state index contributed by atoms with van der Waals surface area (Å²) in [5, 5.41) is 9.58. The van der Waals surface area contributed by atoms with Crippen molar-refractivity contribution in [1.82, 2.24) is 20.9 Å². The molecule has 3 N–H and O–H groups in total. The molecule has 2 rings (SSSR count). The van der Waals surface area contributed by atoms with Crippen LogP contribution in [0.5, 0.6) is 5.75 Å². The number of likely N-dealkylation sites (N-methyl/N-ethyl adjacent to an activating group) is 1. The standard InChI is InChI=1S/C22H37N5O2/c1-6-24-21(26-18-11-13-27(14-12-18)16-20(28)23-5)25-15-17-9-7-8-10-19(17)29-22(2,3)4/h7-10,18H,6,11-16H2,1-5H3,(H,23,28)(H2,24,25,26). The largest absolute Gasteiger partial charge is 0.488 e. The molecule has 0 radical (unpaired) electrons. The summed E-state index contributed by atoms with van der Waals surface area (Å²) >= 11 is 0. The van der Waals surface area contributed by atoms with Gasteiger partial charge in [-0.2, -0.15) is 0 Å². The number of aliphatic imine (C=N–C) groups is 1. The molecular weight excluding hydrogens is 366 g/mol. The van der Waals surface area contributed by atoms with E-state index in [4.69, 9.17) is 9.73 Å². The van der Waals surface area contributed by atoms with Gasteiger partial charge in [-0.15, -0.1) is 0 Å². The molecule has 1 aliphatic rings. The number of para-hydroxylation sites is 1. The highest BCUT2D eigenvalue weighted by Crippen LogP contribution is 2.23. The lowest BCUT2D eigenvalue weighted by Crippen LogP contribution is -2.50. The van der Waals surface area contributed by atoms with Crippen LogP contribution in [0.4, 0.5) is 0 Å². The van der Waals surface area contributed by atoms with Crippen LogP contribution >= 0.6 is 0 Å². The first-order valence-electron chi connectivity index (χ1n) is 10.6. The van der Waals surface area contributed by atoms with Gasteiger partial charge in [-0.3, -0.25) is 9.69 Å². The van der Waals surface area contributed by atoms with E-state index < -0.39 is 0 Å². The zero-order valence-corrected chi connectivity index (χ0v) is 18.5. The molecule has 0 bridgehead atoms. The quantitative estimate of drug-likeness (QED) is 0.480. The molecule has 1 fully saturated rings. The minimum Gasteiger partial charge on any atom is -0.488 e. The number of guanidine groups is 1. The highest BCUT2D eigenvalue weighted by atomic mass is 16.5. The zero-order valence-electron chi connectivity index (χ0n) is 18.5. The maximum Gasteiger partial charge on any atom is 0.233 e. The monoisotopic (exact) mass is 403 g/mol. The van der Waals surface area contributed by atoms with Gasteiger partial charge < -0.3 is 20.7 Å². The van der Waals surface area contributed by atoms with Crippen LogP contribution in [-0.4, -0.2) is 61.6 Å².